The van der Waals surface area contributed by atoms with Gasteiger partial charge in [-0.25, -0.2) is 0 Å². The predicted molar refractivity (Wildman–Crippen MR) is 77.7 cm³/mol. The number of nitrogens with zero attached hydrogens (tertiary/aromatic N) is 2. The molecular formula is C16H20N2O2. The lowest BCUT2D eigenvalue weighted by Gasteiger charge is -2.21. The number of hydrogen-bond acceptors (Lipinski definition) is 3. The first-order chi connectivity index (χ1) is 9.36. The first-order valence-corrected chi connectivity index (χ1v) is 6.68. The molecule has 1 aromatic carbocycles. The second-order valence-electron chi connectivity index (χ2n) is 5.82. The van der Waals surface area contributed by atoms with Gasteiger partial charge < -0.3 is 4.74 Å². The Labute approximate surface area is 119 Å². The molecule has 2 aromatic rings. The van der Waals surface area contributed by atoms with Crippen LogP contribution in [0.2, 0.25) is 0 Å². The summed E-state index contributed by atoms with van der Waals surface area (Å²) in [5.74, 6) is 0.263. The molecule has 0 fully saturated rings. The number of rotatable bonds is 3. The number of esters is 1. The lowest BCUT2D eigenvalue weighted by Crippen LogP contribution is -2.24. The van der Waals surface area contributed by atoms with Gasteiger partial charge in [0.2, 0.25) is 0 Å². The first kappa shape index (κ1) is 14.3. The summed E-state index contributed by atoms with van der Waals surface area (Å²) in [6, 6.07) is 11.0. The Morgan fingerprint density at radius 2 is 1.90 bits per heavy atom. The standard InChI is InChI=1S/C16H20N2O2/c1-12-10-13(17-18(12)16(2,3)4)11-15(19)20-14-8-6-5-7-9-14/h5-10H,11H2,1-4H3. The molecule has 4 heteroatoms. The summed E-state index contributed by atoms with van der Waals surface area (Å²) in [7, 11) is 0. The number of hydrogen-bond donors (Lipinski definition) is 0. The van der Waals surface area contributed by atoms with Crippen LogP contribution in [-0.4, -0.2) is 15.7 Å². The highest BCUT2D eigenvalue weighted by Gasteiger charge is 2.18. The van der Waals surface area contributed by atoms with E-state index in [0.29, 0.717) is 5.75 Å². The van der Waals surface area contributed by atoms with Crippen molar-refractivity contribution in [3.63, 3.8) is 0 Å². The van der Waals surface area contributed by atoms with Crippen LogP contribution in [-0.2, 0) is 16.8 Å². The Morgan fingerprint density at radius 3 is 2.45 bits per heavy atom. The minimum atomic E-state index is -0.297. The molecule has 0 N–H and O–H groups in total. The third-order valence-corrected chi connectivity index (χ3v) is 2.87. The van der Waals surface area contributed by atoms with Crippen LogP contribution < -0.4 is 4.74 Å². The van der Waals surface area contributed by atoms with E-state index in [2.05, 4.69) is 25.9 Å². The summed E-state index contributed by atoms with van der Waals surface area (Å²) in [4.78, 5) is 11.9. The van der Waals surface area contributed by atoms with Gasteiger partial charge in [0.15, 0.2) is 0 Å². The minimum absolute atomic E-state index is 0.0916. The minimum Gasteiger partial charge on any atom is -0.426 e. The molecule has 0 aliphatic rings. The van der Waals surface area contributed by atoms with Crippen molar-refractivity contribution in [2.75, 3.05) is 0 Å². The van der Waals surface area contributed by atoms with Gasteiger partial charge in [-0.2, -0.15) is 5.10 Å². The average molecular weight is 272 g/mol. The van der Waals surface area contributed by atoms with E-state index in [1.165, 1.54) is 0 Å². The SMILES string of the molecule is Cc1cc(CC(=O)Oc2ccccc2)nn1C(C)(C)C. The molecule has 0 radical (unpaired) electrons. The third kappa shape index (κ3) is 3.47. The van der Waals surface area contributed by atoms with Crippen molar-refractivity contribution in [3.8, 4) is 5.75 Å². The summed E-state index contributed by atoms with van der Waals surface area (Å²) in [6.07, 6.45) is 0.179. The van der Waals surface area contributed by atoms with E-state index in [0.717, 1.165) is 11.4 Å². The highest BCUT2D eigenvalue weighted by atomic mass is 16.5. The van der Waals surface area contributed by atoms with Crippen molar-refractivity contribution in [2.45, 2.75) is 39.7 Å². The van der Waals surface area contributed by atoms with Gasteiger partial charge in [-0.05, 0) is 45.9 Å². The van der Waals surface area contributed by atoms with Gasteiger partial charge in [-0.1, -0.05) is 18.2 Å². The zero-order valence-corrected chi connectivity index (χ0v) is 12.4. The highest BCUT2D eigenvalue weighted by Crippen LogP contribution is 2.17. The Hall–Kier alpha value is -2.10. The van der Waals surface area contributed by atoms with Gasteiger partial charge >= 0.3 is 5.97 Å². The summed E-state index contributed by atoms with van der Waals surface area (Å²) >= 11 is 0. The van der Waals surface area contributed by atoms with Crippen molar-refractivity contribution >= 4 is 5.97 Å². The Balaban J connectivity index is 2.05. The van der Waals surface area contributed by atoms with Crippen LogP contribution in [0.3, 0.4) is 0 Å². The molecule has 0 atom stereocenters. The van der Waals surface area contributed by atoms with E-state index >= 15 is 0 Å². The van der Waals surface area contributed by atoms with E-state index in [4.69, 9.17) is 4.74 Å². The van der Waals surface area contributed by atoms with E-state index in [1.54, 1.807) is 12.1 Å². The molecule has 0 spiro atoms. The lowest BCUT2D eigenvalue weighted by molar-refractivity contribution is -0.133. The molecule has 106 valence electrons. The smallest absolute Gasteiger partial charge is 0.317 e. The number of carbonyl (C=O) groups is 1. The maximum absolute atomic E-state index is 11.9. The predicted octanol–water partition coefficient (Wildman–Crippen LogP) is 3.09. The summed E-state index contributed by atoms with van der Waals surface area (Å²) in [5.41, 5.74) is 1.68. The number of ether oxygens (including phenoxy) is 1. The zero-order chi connectivity index (χ0) is 14.8. The highest BCUT2D eigenvalue weighted by molar-refractivity contribution is 5.74. The van der Waals surface area contributed by atoms with E-state index in [9.17, 15) is 4.79 Å². The summed E-state index contributed by atoms with van der Waals surface area (Å²) in [6.45, 7) is 8.24. The van der Waals surface area contributed by atoms with Gasteiger partial charge in [-0.15, -0.1) is 0 Å². The number of aryl methyl sites for hydroxylation is 1. The van der Waals surface area contributed by atoms with E-state index in [1.807, 2.05) is 35.9 Å². The molecule has 4 nitrogen and oxygen atoms in total. The van der Waals surface area contributed by atoms with Crippen molar-refractivity contribution in [3.05, 3.63) is 47.8 Å². The van der Waals surface area contributed by atoms with Gasteiger partial charge in [0.05, 0.1) is 17.7 Å². The maximum atomic E-state index is 11.9. The first-order valence-electron chi connectivity index (χ1n) is 6.68. The fraction of sp³-hybridized carbons (Fsp3) is 0.375. The fourth-order valence-corrected chi connectivity index (χ4v) is 2.11. The Morgan fingerprint density at radius 1 is 1.25 bits per heavy atom. The van der Waals surface area contributed by atoms with E-state index in [-0.39, 0.29) is 17.9 Å². The summed E-state index contributed by atoms with van der Waals surface area (Å²) in [5, 5.41) is 4.48. The van der Waals surface area contributed by atoms with Crippen molar-refractivity contribution in [2.24, 2.45) is 0 Å². The van der Waals surface area contributed by atoms with Crippen LogP contribution in [0, 0.1) is 6.92 Å². The molecule has 20 heavy (non-hydrogen) atoms. The van der Waals surface area contributed by atoms with Crippen LogP contribution in [0.1, 0.15) is 32.2 Å². The molecule has 1 aromatic heterocycles. The topological polar surface area (TPSA) is 44.1 Å². The zero-order valence-electron chi connectivity index (χ0n) is 12.4. The molecule has 1 heterocycles. The lowest BCUT2D eigenvalue weighted by atomic mass is 10.1. The van der Waals surface area contributed by atoms with Crippen molar-refractivity contribution in [1.82, 2.24) is 9.78 Å². The van der Waals surface area contributed by atoms with Crippen LogP contribution in [0.4, 0.5) is 0 Å². The number of carbonyl (C=O) groups excluding carboxylic acids is 1. The number of aromatic nitrogens is 2. The number of benzene rings is 1. The van der Waals surface area contributed by atoms with Gasteiger partial charge in [0, 0.05) is 5.69 Å². The molecular weight excluding hydrogens is 252 g/mol. The fourth-order valence-electron chi connectivity index (χ4n) is 2.11. The quantitative estimate of drug-likeness (QED) is 0.637. The van der Waals surface area contributed by atoms with Crippen LogP contribution in [0.25, 0.3) is 0 Å². The maximum Gasteiger partial charge on any atom is 0.317 e. The van der Waals surface area contributed by atoms with Gasteiger partial charge in [0.1, 0.15) is 5.75 Å². The Bertz CT molecular complexity index is 595. The van der Waals surface area contributed by atoms with E-state index < -0.39 is 0 Å². The van der Waals surface area contributed by atoms with Crippen LogP contribution >= 0.6 is 0 Å². The number of para-hydroxylation sites is 1. The third-order valence-electron chi connectivity index (χ3n) is 2.87. The van der Waals surface area contributed by atoms with Crippen molar-refractivity contribution in [1.29, 1.82) is 0 Å². The second kappa shape index (κ2) is 5.49. The monoisotopic (exact) mass is 272 g/mol. The molecule has 0 saturated heterocycles. The second-order valence-corrected chi connectivity index (χ2v) is 5.82. The summed E-state index contributed by atoms with van der Waals surface area (Å²) < 4.78 is 7.19. The van der Waals surface area contributed by atoms with Gasteiger partial charge in [0.25, 0.3) is 0 Å². The molecule has 0 aliphatic heterocycles. The van der Waals surface area contributed by atoms with Crippen molar-refractivity contribution < 1.29 is 9.53 Å². The molecule has 0 bridgehead atoms. The van der Waals surface area contributed by atoms with Crippen LogP contribution in [0.15, 0.2) is 36.4 Å². The average Bonchev–Trinajstić information content (AvgIpc) is 2.71. The molecule has 0 saturated carbocycles. The largest absolute Gasteiger partial charge is 0.426 e. The molecule has 2 rings (SSSR count). The normalized spacial score (nSPS) is 11.4. The molecule has 0 unspecified atom stereocenters. The Kier molecular flexibility index (Phi) is 3.93. The molecule has 0 aliphatic carbocycles. The van der Waals surface area contributed by atoms with Gasteiger partial charge in [-0.3, -0.25) is 9.48 Å². The van der Waals surface area contributed by atoms with Crippen LogP contribution in [0.5, 0.6) is 5.75 Å². The molecule has 0 amide bonds.